The zero-order valence-electron chi connectivity index (χ0n) is 23.5. The van der Waals surface area contributed by atoms with Gasteiger partial charge in [0, 0.05) is 12.0 Å². The van der Waals surface area contributed by atoms with Gasteiger partial charge in [-0.05, 0) is 37.6 Å². The van der Waals surface area contributed by atoms with Gasteiger partial charge in [0.05, 0.1) is 22.6 Å². The third-order valence-electron chi connectivity index (χ3n) is 8.69. The number of hydrogen-bond donors (Lipinski definition) is 2. The molecule has 4 heterocycles. The second kappa shape index (κ2) is 9.77. The molecule has 3 amide bonds. The molecule has 1 fully saturated rings. The van der Waals surface area contributed by atoms with E-state index in [9.17, 15) is 24.3 Å². The van der Waals surface area contributed by atoms with Crippen LogP contribution in [0.15, 0.2) is 83.7 Å². The summed E-state index contributed by atoms with van der Waals surface area (Å²) in [5.41, 5.74) is -0.282. The van der Waals surface area contributed by atoms with Crippen molar-refractivity contribution in [1.29, 1.82) is 0 Å². The van der Waals surface area contributed by atoms with Crippen LogP contribution >= 0.6 is 0 Å². The van der Waals surface area contributed by atoms with Gasteiger partial charge in [0.15, 0.2) is 0 Å². The molecule has 0 unspecified atom stereocenters. The Bertz CT molecular complexity index is 1860. The summed E-state index contributed by atoms with van der Waals surface area (Å²) >= 11 is 0. The molecule has 11 nitrogen and oxygen atoms in total. The van der Waals surface area contributed by atoms with E-state index in [2.05, 4.69) is 10.3 Å². The molecular formula is C32H29N5O6. The van der Waals surface area contributed by atoms with Crippen LogP contribution in [0.1, 0.15) is 49.3 Å². The third-order valence-corrected chi connectivity index (χ3v) is 8.69. The fourth-order valence-corrected chi connectivity index (χ4v) is 6.67. The van der Waals surface area contributed by atoms with Crippen LogP contribution in [0, 0.1) is 0 Å². The van der Waals surface area contributed by atoms with Gasteiger partial charge in [-0.3, -0.25) is 28.8 Å². The Kier molecular flexibility index (Phi) is 6.10. The van der Waals surface area contributed by atoms with E-state index in [0.717, 1.165) is 5.56 Å². The van der Waals surface area contributed by atoms with Gasteiger partial charge < -0.3 is 15.2 Å². The highest BCUT2D eigenvalue weighted by atomic mass is 16.6. The molecule has 0 saturated carbocycles. The molecule has 5 atom stereocenters. The number of fused-ring (bicyclic) bond motifs is 5. The predicted molar refractivity (Wildman–Crippen MR) is 156 cm³/mol. The number of rotatable bonds is 4. The van der Waals surface area contributed by atoms with E-state index in [-0.39, 0.29) is 13.0 Å². The van der Waals surface area contributed by atoms with Crippen molar-refractivity contribution in [3.05, 3.63) is 106 Å². The molecule has 3 aromatic carbocycles. The second-order valence-electron chi connectivity index (χ2n) is 11.3. The van der Waals surface area contributed by atoms with E-state index in [1.165, 1.54) is 14.4 Å². The van der Waals surface area contributed by atoms with E-state index < -0.39 is 53.4 Å². The van der Waals surface area contributed by atoms with Gasteiger partial charge in [-0.25, -0.2) is 9.78 Å². The highest BCUT2D eigenvalue weighted by Crippen LogP contribution is 2.52. The maximum atomic E-state index is 13.8. The first-order chi connectivity index (χ1) is 20.7. The number of benzene rings is 3. The van der Waals surface area contributed by atoms with Gasteiger partial charge in [-0.15, -0.1) is 0 Å². The normalized spacial score (nSPS) is 25.7. The van der Waals surface area contributed by atoms with Gasteiger partial charge in [0.25, 0.3) is 11.5 Å². The number of nitrogens with one attached hydrogen (secondary N) is 1. The molecule has 0 spiro atoms. The molecule has 1 aromatic heterocycles. The van der Waals surface area contributed by atoms with E-state index in [1.54, 1.807) is 62.4 Å². The zero-order chi connectivity index (χ0) is 30.0. The summed E-state index contributed by atoms with van der Waals surface area (Å²) in [6, 6.07) is 20.2. The van der Waals surface area contributed by atoms with E-state index in [1.807, 2.05) is 30.3 Å². The number of amides is 3. The first kappa shape index (κ1) is 26.8. The van der Waals surface area contributed by atoms with Crippen LogP contribution < -0.4 is 15.8 Å². The number of hydrogen-bond acceptors (Lipinski definition) is 7. The minimum absolute atomic E-state index is 0.0282. The first-order valence-corrected chi connectivity index (χ1v) is 14.2. The van der Waals surface area contributed by atoms with Crippen molar-refractivity contribution in [2.75, 3.05) is 4.90 Å². The molecule has 4 aromatic rings. The number of carbonyl (C=O) groups is 3. The van der Waals surface area contributed by atoms with Crippen LogP contribution in [0.3, 0.4) is 0 Å². The molecule has 218 valence electrons. The highest BCUT2D eigenvalue weighted by Gasteiger charge is 2.63. The maximum Gasteiger partial charge on any atom is 0.412 e. The summed E-state index contributed by atoms with van der Waals surface area (Å²) < 4.78 is 6.97. The zero-order valence-corrected chi connectivity index (χ0v) is 23.5. The Balaban J connectivity index is 1.33. The van der Waals surface area contributed by atoms with E-state index >= 15 is 0 Å². The summed E-state index contributed by atoms with van der Waals surface area (Å²) in [4.78, 5) is 62.0. The average Bonchev–Trinajstić information content (AvgIpc) is 3.43. The topological polar surface area (TPSA) is 134 Å². The van der Waals surface area contributed by atoms with Crippen LogP contribution in [0.5, 0.6) is 0 Å². The largest absolute Gasteiger partial charge is 0.444 e. The summed E-state index contributed by atoms with van der Waals surface area (Å²) in [5, 5.41) is 15.9. The molecule has 2 N–H and O–H groups in total. The van der Waals surface area contributed by atoms with Gasteiger partial charge in [-0.1, -0.05) is 60.7 Å². The van der Waals surface area contributed by atoms with Crippen LogP contribution in [-0.2, 0) is 26.5 Å². The van der Waals surface area contributed by atoms with Crippen molar-refractivity contribution in [1.82, 2.24) is 19.8 Å². The molecule has 3 aliphatic rings. The average molecular weight is 580 g/mol. The highest BCUT2D eigenvalue weighted by molar-refractivity contribution is 6.05. The molecule has 7 rings (SSSR count). The second-order valence-corrected chi connectivity index (χ2v) is 11.3. The fourth-order valence-electron chi connectivity index (χ4n) is 6.67. The number of carbonyl (C=O) groups excluding carboxylic acids is 3. The van der Waals surface area contributed by atoms with Gasteiger partial charge in [0.1, 0.15) is 36.3 Å². The van der Waals surface area contributed by atoms with Crippen molar-refractivity contribution in [3.63, 3.8) is 0 Å². The number of aliphatic hydroxyl groups is 1. The summed E-state index contributed by atoms with van der Waals surface area (Å²) in [6.07, 6.45) is -2.30. The molecular weight excluding hydrogens is 550 g/mol. The molecule has 11 heteroatoms. The van der Waals surface area contributed by atoms with Crippen LogP contribution in [0.4, 0.5) is 10.5 Å². The number of para-hydroxylation sites is 2. The Morgan fingerprint density at radius 2 is 1.67 bits per heavy atom. The monoisotopic (exact) mass is 579 g/mol. The summed E-state index contributed by atoms with van der Waals surface area (Å²) in [6.45, 7) is 3.29. The first-order valence-electron chi connectivity index (χ1n) is 14.2. The SMILES string of the molecule is C[C@@H]1NC(=O)[C@@H](C[C@]2(O)c3ccccc3N3C(=O)[C@H](C)N(C(=O)OCc4ccccc4)[C@@H]32)n2c1nc1ccccc1c2=O. The molecule has 0 bridgehead atoms. The summed E-state index contributed by atoms with van der Waals surface area (Å²) in [7, 11) is 0. The Morgan fingerprint density at radius 3 is 2.47 bits per heavy atom. The van der Waals surface area contributed by atoms with Crippen molar-refractivity contribution in [2.24, 2.45) is 0 Å². The molecule has 1 saturated heterocycles. The third kappa shape index (κ3) is 3.95. The maximum absolute atomic E-state index is 13.8. The van der Waals surface area contributed by atoms with Crippen molar-refractivity contribution >= 4 is 34.5 Å². The van der Waals surface area contributed by atoms with Gasteiger partial charge in [-0.2, -0.15) is 0 Å². The molecule has 43 heavy (non-hydrogen) atoms. The van der Waals surface area contributed by atoms with Crippen LogP contribution in [0.25, 0.3) is 10.9 Å². The number of anilines is 1. The van der Waals surface area contributed by atoms with Crippen LogP contribution in [-0.4, -0.2) is 49.7 Å². The fraction of sp³-hybridized carbons (Fsp3) is 0.281. The van der Waals surface area contributed by atoms with E-state index in [4.69, 9.17) is 4.74 Å². The quantitative estimate of drug-likeness (QED) is 0.380. The van der Waals surface area contributed by atoms with Crippen molar-refractivity contribution in [3.8, 4) is 0 Å². The van der Waals surface area contributed by atoms with Gasteiger partial charge >= 0.3 is 6.09 Å². The molecule has 0 aliphatic carbocycles. The lowest BCUT2D eigenvalue weighted by atomic mass is 9.85. The van der Waals surface area contributed by atoms with Crippen molar-refractivity contribution in [2.45, 2.75) is 56.8 Å². The Morgan fingerprint density at radius 1 is 0.977 bits per heavy atom. The lowest BCUT2D eigenvalue weighted by Gasteiger charge is -2.40. The van der Waals surface area contributed by atoms with Crippen LogP contribution in [0.2, 0.25) is 0 Å². The Labute approximate surface area is 246 Å². The smallest absolute Gasteiger partial charge is 0.412 e. The van der Waals surface area contributed by atoms with Gasteiger partial charge in [0.2, 0.25) is 5.91 Å². The molecule has 0 radical (unpaired) electrons. The Hall–Kier alpha value is -5.03. The minimum Gasteiger partial charge on any atom is -0.444 e. The number of ether oxygens (including phenoxy) is 1. The summed E-state index contributed by atoms with van der Waals surface area (Å²) in [5.74, 6) is -0.508. The molecule has 3 aliphatic heterocycles. The lowest BCUT2D eigenvalue weighted by molar-refractivity contribution is -0.130. The number of aromatic nitrogens is 2. The standard InChI is InChI=1S/C32H29N5O6/c1-18-26-34-23-14-8-6-12-21(23)29(40)36(26)25(27(38)33-18)16-32(42)22-13-7-9-15-24(22)37-28(39)19(2)35(30(32)37)31(41)43-17-20-10-4-3-5-11-20/h3-15,18-19,25,30,42H,16-17H2,1-2H3,(H,33,38)/t18-,19-,25+,30-,32-/m0/s1. The number of nitrogens with zero attached hydrogens (tertiary/aromatic N) is 4. The minimum atomic E-state index is -1.94. The lowest BCUT2D eigenvalue weighted by Crippen LogP contribution is -2.56. The predicted octanol–water partition coefficient (Wildman–Crippen LogP) is 3.12. The van der Waals surface area contributed by atoms with E-state index in [0.29, 0.717) is 28.0 Å². The van der Waals surface area contributed by atoms with Crippen molar-refractivity contribution < 1.29 is 24.2 Å².